The van der Waals surface area contributed by atoms with Crippen molar-refractivity contribution in [1.29, 1.82) is 0 Å². The molecule has 0 aromatic heterocycles. The van der Waals surface area contributed by atoms with Gasteiger partial charge in [0.1, 0.15) is 5.75 Å². The molecular weight excluding hydrogens is 282 g/mol. The molecule has 1 aliphatic rings. The van der Waals surface area contributed by atoms with Crippen LogP contribution in [0.2, 0.25) is 5.02 Å². The summed E-state index contributed by atoms with van der Waals surface area (Å²) in [5.41, 5.74) is 3.38. The molecule has 1 N–H and O–H groups in total. The highest BCUT2D eigenvalue weighted by Crippen LogP contribution is 2.32. The lowest BCUT2D eigenvalue weighted by Crippen LogP contribution is -2.12. The molecule has 1 saturated carbocycles. The summed E-state index contributed by atoms with van der Waals surface area (Å²) in [4.78, 5) is 0. The molecule has 1 unspecified atom stereocenters. The van der Waals surface area contributed by atoms with Gasteiger partial charge in [-0.3, -0.25) is 0 Å². The molecule has 2 nitrogen and oxygen atoms in total. The van der Waals surface area contributed by atoms with Crippen LogP contribution in [-0.2, 0) is 0 Å². The first-order valence-electron chi connectivity index (χ1n) is 7.41. The molecule has 0 heterocycles. The topological polar surface area (TPSA) is 21.3 Å². The van der Waals surface area contributed by atoms with Gasteiger partial charge in [-0.05, 0) is 61.7 Å². The van der Waals surface area contributed by atoms with Gasteiger partial charge in [0.25, 0.3) is 0 Å². The van der Waals surface area contributed by atoms with Crippen LogP contribution in [0.15, 0.2) is 42.5 Å². The van der Waals surface area contributed by atoms with E-state index in [-0.39, 0.29) is 6.04 Å². The summed E-state index contributed by atoms with van der Waals surface area (Å²) in [6.07, 6.45) is 2.77. The third-order valence-corrected chi connectivity index (χ3v) is 4.22. The summed E-state index contributed by atoms with van der Waals surface area (Å²) in [5.74, 6) is 0.943. The molecular formula is C18H20ClNO. The maximum absolute atomic E-state index is 6.42. The van der Waals surface area contributed by atoms with Gasteiger partial charge in [-0.15, -0.1) is 0 Å². The van der Waals surface area contributed by atoms with Crippen molar-refractivity contribution in [3.05, 3.63) is 53.1 Å². The van der Waals surface area contributed by atoms with E-state index >= 15 is 0 Å². The summed E-state index contributed by atoms with van der Waals surface area (Å²) in [7, 11) is 1.94. The predicted octanol–water partition coefficient (Wildman–Crippen LogP) is 4.83. The van der Waals surface area contributed by atoms with E-state index in [1.54, 1.807) is 0 Å². The molecule has 0 amide bonds. The second kappa shape index (κ2) is 6.08. The molecule has 0 bridgehead atoms. The minimum atomic E-state index is 0.246. The molecule has 0 saturated heterocycles. The highest BCUT2D eigenvalue weighted by atomic mass is 35.5. The fourth-order valence-corrected chi connectivity index (χ4v) is 2.68. The number of hydrogen-bond acceptors (Lipinski definition) is 2. The molecule has 1 atom stereocenters. The molecule has 1 fully saturated rings. The van der Waals surface area contributed by atoms with Gasteiger partial charge in [0.15, 0.2) is 0 Å². The van der Waals surface area contributed by atoms with Crippen molar-refractivity contribution >= 4 is 11.6 Å². The Hall–Kier alpha value is -1.51. The first kappa shape index (κ1) is 14.4. The lowest BCUT2D eigenvalue weighted by Gasteiger charge is -2.14. The number of benzene rings is 2. The lowest BCUT2D eigenvalue weighted by atomic mass is 10.0. The fourth-order valence-electron chi connectivity index (χ4n) is 2.34. The number of rotatable bonds is 5. The lowest BCUT2D eigenvalue weighted by molar-refractivity contribution is 0.303. The van der Waals surface area contributed by atoms with Gasteiger partial charge in [0.2, 0.25) is 0 Å². The maximum atomic E-state index is 6.42. The van der Waals surface area contributed by atoms with Gasteiger partial charge in [0.05, 0.1) is 6.10 Å². The van der Waals surface area contributed by atoms with E-state index in [1.807, 2.05) is 25.2 Å². The fraction of sp³-hybridized carbons (Fsp3) is 0.333. The Kier molecular flexibility index (Phi) is 4.18. The molecule has 1 aliphatic carbocycles. The van der Waals surface area contributed by atoms with Crippen LogP contribution in [0.1, 0.15) is 31.4 Å². The maximum Gasteiger partial charge on any atom is 0.120 e. The number of hydrogen-bond donors (Lipinski definition) is 1. The van der Waals surface area contributed by atoms with E-state index in [0.29, 0.717) is 6.10 Å². The van der Waals surface area contributed by atoms with Crippen LogP contribution in [0.4, 0.5) is 0 Å². The van der Waals surface area contributed by atoms with Gasteiger partial charge in [-0.1, -0.05) is 35.9 Å². The van der Waals surface area contributed by atoms with E-state index in [1.165, 1.54) is 12.8 Å². The Bertz CT molecular complexity index is 637. The molecule has 3 heteroatoms. The number of halogens is 1. The van der Waals surface area contributed by atoms with Crippen molar-refractivity contribution in [2.45, 2.75) is 31.9 Å². The van der Waals surface area contributed by atoms with Crippen LogP contribution in [0.25, 0.3) is 11.1 Å². The molecule has 0 spiro atoms. The normalized spacial score (nSPS) is 15.8. The van der Waals surface area contributed by atoms with Crippen molar-refractivity contribution in [2.24, 2.45) is 0 Å². The van der Waals surface area contributed by atoms with Crippen molar-refractivity contribution in [2.75, 3.05) is 7.05 Å². The van der Waals surface area contributed by atoms with E-state index in [0.717, 1.165) is 27.5 Å². The van der Waals surface area contributed by atoms with Gasteiger partial charge in [-0.2, -0.15) is 0 Å². The zero-order valence-corrected chi connectivity index (χ0v) is 13.2. The van der Waals surface area contributed by atoms with Crippen molar-refractivity contribution < 1.29 is 4.74 Å². The van der Waals surface area contributed by atoms with E-state index < -0.39 is 0 Å². The minimum Gasteiger partial charge on any atom is -0.490 e. The Morgan fingerprint density at radius 3 is 2.57 bits per heavy atom. The molecule has 3 rings (SSSR count). The third-order valence-electron chi connectivity index (χ3n) is 3.89. The quantitative estimate of drug-likeness (QED) is 0.854. The zero-order valence-electron chi connectivity index (χ0n) is 12.4. The standard InChI is InChI=1S/C18H20ClNO/c1-12(20-2)17-9-6-14(11-18(17)19)13-4-3-5-16(10-13)21-15-7-8-15/h3-6,9-12,15,20H,7-8H2,1-2H3. The summed E-state index contributed by atoms with van der Waals surface area (Å²) >= 11 is 6.42. The Morgan fingerprint density at radius 1 is 1.14 bits per heavy atom. The summed E-state index contributed by atoms with van der Waals surface area (Å²) < 4.78 is 5.85. The van der Waals surface area contributed by atoms with E-state index in [4.69, 9.17) is 16.3 Å². The Labute approximate surface area is 131 Å². The predicted molar refractivity (Wildman–Crippen MR) is 88.0 cm³/mol. The molecule has 2 aromatic carbocycles. The summed E-state index contributed by atoms with van der Waals surface area (Å²) in [5, 5.41) is 4.01. The molecule has 0 radical (unpaired) electrons. The first-order chi connectivity index (χ1) is 10.2. The Morgan fingerprint density at radius 2 is 1.90 bits per heavy atom. The minimum absolute atomic E-state index is 0.246. The van der Waals surface area contributed by atoms with Crippen LogP contribution in [-0.4, -0.2) is 13.2 Å². The molecule has 2 aromatic rings. The Balaban J connectivity index is 1.87. The van der Waals surface area contributed by atoms with E-state index in [9.17, 15) is 0 Å². The molecule has 0 aliphatic heterocycles. The van der Waals surface area contributed by atoms with Crippen molar-refractivity contribution in [1.82, 2.24) is 5.32 Å². The molecule has 110 valence electrons. The van der Waals surface area contributed by atoms with Crippen LogP contribution in [0, 0.1) is 0 Å². The second-order valence-electron chi connectivity index (χ2n) is 5.59. The van der Waals surface area contributed by atoms with E-state index in [2.05, 4.69) is 36.5 Å². The molecule has 21 heavy (non-hydrogen) atoms. The van der Waals surface area contributed by atoms with Gasteiger partial charge in [-0.25, -0.2) is 0 Å². The van der Waals surface area contributed by atoms with Gasteiger partial charge < -0.3 is 10.1 Å². The van der Waals surface area contributed by atoms with Gasteiger partial charge in [0, 0.05) is 11.1 Å². The third kappa shape index (κ3) is 3.39. The van der Waals surface area contributed by atoms with Crippen LogP contribution in [0.5, 0.6) is 5.75 Å². The van der Waals surface area contributed by atoms with Crippen molar-refractivity contribution in [3.63, 3.8) is 0 Å². The monoisotopic (exact) mass is 301 g/mol. The van der Waals surface area contributed by atoms with Crippen LogP contribution in [0.3, 0.4) is 0 Å². The largest absolute Gasteiger partial charge is 0.490 e. The summed E-state index contributed by atoms with van der Waals surface area (Å²) in [6, 6.07) is 14.7. The van der Waals surface area contributed by atoms with Crippen LogP contribution >= 0.6 is 11.6 Å². The first-order valence-corrected chi connectivity index (χ1v) is 7.79. The number of ether oxygens (including phenoxy) is 1. The van der Waals surface area contributed by atoms with Crippen LogP contribution < -0.4 is 10.1 Å². The SMILES string of the molecule is CNC(C)c1ccc(-c2cccc(OC3CC3)c2)cc1Cl. The van der Waals surface area contributed by atoms with Gasteiger partial charge >= 0.3 is 0 Å². The highest BCUT2D eigenvalue weighted by Gasteiger charge is 2.23. The summed E-state index contributed by atoms with van der Waals surface area (Å²) in [6.45, 7) is 2.10. The number of nitrogens with one attached hydrogen (secondary N) is 1. The zero-order chi connectivity index (χ0) is 14.8. The second-order valence-corrected chi connectivity index (χ2v) is 6.00. The van der Waals surface area contributed by atoms with Crippen molar-refractivity contribution in [3.8, 4) is 16.9 Å². The average Bonchev–Trinajstić information content (AvgIpc) is 3.30. The highest BCUT2D eigenvalue weighted by molar-refractivity contribution is 6.31. The smallest absolute Gasteiger partial charge is 0.120 e. The average molecular weight is 302 g/mol.